The minimum atomic E-state index is -0.625. The maximum Gasteiger partial charge on any atom is 0.293 e. The first-order valence-electron chi connectivity index (χ1n) is 9.59. The first-order valence-corrected chi connectivity index (χ1v) is 9.99. The average molecular weight is 439 g/mol. The van der Waals surface area contributed by atoms with Crippen LogP contribution >= 0.6 is 12.2 Å². The van der Waals surface area contributed by atoms with Gasteiger partial charge in [0.05, 0.1) is 16.2 Å². The number of para-hydroxylation sites is 1. The number of nitro groups is 1. The lowest BCUT2D eigenvalue weighted by Gasteiger charge is -2.14. The van der Waals surface area contributed by atoms with E-state index in [4.69, 9.17) is 16.6 Å². The molecule has 3 rings (SSSR count). The molecule has 0 radical (unpaired) electrons. The summed E-state index contributed by atoms with van der Waals surface area (Å²) in [5.74, 6) is -0.196. The Morgan fingerprint density at radius 3 is 2.68 bits per heavy atom. The summed E-state index contributed by atoms with van der Waals surface area (Å²) in [5, 5.41) is 26.6. The fourth-order valence-corrected chi connectivity index (χ4v) is 3.16. The highest BCUT2D eigenvalue weighted by Gasteiger charge is 2.20. The largest absolute Gasteiger partial charge is 0.506 e. The number of hydrogen-bond donors (Lipinski definition) is 3. The number of carbonyl (C=O) groups excluding carboxylic acids is 1. The minimum Gasteiger partial charge on any atom is -0.506 e. The number of thiocarbonyl (C=S) groups is 1. The van der Waals surface area contributed by atoms with E-state index < -0.39 is 10.8 Å². The van der Waals surface area contributed by atoms with Gasteiger partial charge in [-0.2, -0.15) is 0 Å². The van der Waals surface area contributed by atoms with Crippen molar-refractivity contribution in [2.75, 3.05) is 5.32 Å². The lowest BCUT2D eigenvalue weighted by Crippen LogP contribution is -2.33. The Labute approximate surface area is 184 Å². The Hall–Kier alpha value is -3.72. The van der Waals surface area contributed by atoms with Crippen molar-refractivity contribution in [3.05, 3.63) is 76.0 Å². The predicted molar refractivity (Wildman–Crippen MR) is 121 cm³/mol. The van der Waals surface area contributed by atoms with Gasteiger partial charge in [0.15, 0.2) is 10.9 Å². The number of aromatic hydroxyl groups is 1. The van der Waals surface area contributed by atoms with E-state index in [0.29, 0.717) is 11.6 Å². The number of furan rings is 1. The molecular weight excluding hydrogens is 418 g/mol. The summed E-state index contributed by atoms with van der Waals surface area (Å²) in [6.45, 7) is 4.14. The van der Waals surface area contributed by atoms with Crippen molar-refractivity contribution in [3.63, 3.8) is 0 Å². The number of benzene rings is 2. The molecule has 0 aliphatic heterocycles. The van der Waals surface area contributed by atoms with E-state index in [1.165, 1.54) is 24.3 Å². The first-order chi connectivity index (χ1) is 14.8. The normalized spacial score (nSPS) is 11.5. The van der Waals surface area contributed by atoms with Gasteiger partial charge in [-0.3, -0.25) is 20.2 Å². The van der Waals surface area contributed by atoms with Crippen molar-refractivity contribution in [2.24, 2.45) is 0 Å². The van der Waals surface area contributed by atoms with Crippen LogP contribution < -0.4 is 10.6 Å². The Morgan fingerprint density at radius 1 is 1.23 bits per heavy atom. The first kappa shape index (κ1) is 22.0. The number of nitrogens with zero attached hydrogens (tertiary/aromatic N) is 1. The molecule has 1 heterocycles. The number of phenols is 1. The third-order valence-electron chi connectivity index (χ3n) is 4.87. The van der Waals surface area contributed by atoms with Crippen LogP contribution in [0.1, 0.15) is 42.3 Å². The van der Waals surface area contributed by atoms with E-state index in [1.807, 2.05) is 6.07 Å². The average Bonchev–Trinajstić information content (AvgIpc) is 3.25. The van der Waals surface area contributed by atoms with E-state index in [9.17, 15) is 20.0 Å². The second-order valence-electron chi connectivity index (χ2n) is 6.93. The zero-order chi connectivity index (χ0) is 22.5. The summed E-state index contributed by atoms with van der Waals surface area (Å²) >= 11 is 5.18. The molecule has 1 atom stereocenters. The molecule has 0 saturated heterocycles. The fourth-order valence-electron chi connectivity index (χ4n) is 2.96. The van der Waals surface area contributed by atoms with Gasteiger partial charge in [0.2, 0.25) is 0 Å². The van der Waals surface area contributed by atoms with Crippen LogP contribution in [-0.2, 0) is 0 Å². The maximum absolute atomic E-state index is 12.5. The van der Waals surface area contributed by atoms with Crippen LogP contribution in [-0.4, -0.2) is 21.0 Å². The summed E-state index contributed by atoms with van der Waals surface area (Å²) in [4.78, 5) is 23.2. The molecule has 2 aromatic carbocycles. The van der Waals surface area contributed by atoms with Gasteiger partial charge in [0.25, 0.3) is 11.6 Å². The molecular formula is C22H21N3O5S. The van der Waals surface area contributed by atoms with Crippen LogP contribution in [0, 0.1) is 10.1 Å². The third-order valence-corrected chi connectivity index (χ3v) is 5.08. The lowest BCUT2D eigenvalue weighted by molar-refractivity contribution is -0.384. The van der Waals surface area contributed by atoms with Crippen molar-refractivity contribution in [3.8, 4) is 17.1 Å². The lowest BCUT2D eigenvalue weighted by atomic mass is 9.98. The highest BCUT2D eigenvalue weighted by atomic mass is 32.1. The van der Waals surface area contributed by atoms with E-state index in [0.717, 1.165) is 12.0 Å². The minimum absolute atomic E-state index is 0.000300. The van der Waals surface area contributed by atoms with Gasteiger partial charge in [-0.15, -0.1) is 0 Å². The molecule has 1 amide bonds. The number of carbonyl (C=O) groups is 1. The summed E-state index contributed by atoms with van der Waals surface area (Å²) < 4.78 is 5.51. The number of rotatable bonds is 6. The van der Waals surface area contributed by atoms with Crippen LogP contribution in [0.5, 0.6) is 5.75 Å². The van der Waals surface area contributed by atoms with Crippen molar-refractivity contribution < 1.29 is 19.2 Å². The SMILES string of the molecule is CCC(C)c1ccc(O)c(NC(=S)NC(=O)c2ccc(-c3ccccc3[N+](=O)[O-])o2)c1. The molecule has 0 fully saturated rings. The highest BCUT2D eigenvalue weighted by Crippen LogP contribution is 2.31. The molecule has 0 aliphatic rings. The number of anilines is 1. The molecule has 0 spiro atoms. The summed E-state index contributed by atoms with van der Waals surface area (Å²) in [5.41, 5.74) is 1.54. The number of amides is 1. The zero-order valence-electron chi connectivity index (χ0n) is 16.9. The van der Waals surface area contributed by atoms with Crippen LogP contribution in [0.4, 0.5) is 11.4 Å². The topological polar surface area (TPSA) is 118 Å². The van der Waals surface area contributed by atoms with Gasteiger partial charge in [0.1, 0.15) is 11.5 Å². The van der Waals surface area contributed by atoms with E-state index >= 15 is 0 Å². The standard InChI is InChI=1S/C22H21N3O5S/c1-3-13(2)14-8-9-18(26)16(12-14)23-22(31)24-21(27)20-11-10-19(30-20)15-6-4-5-7-17(15)25(28)29/h4-13,26H,3H2,1-2H3,(H2,23,24,27,31). The quantitative estimate of drug-likeness (QED) is 0.209. The van der Waals surface area contributed by atoms with Gasteiger partial charge in [0, 0.05) is 6.07 Å². The van der Waals surface area contributed by atoms with Gasteiger partial charge in [-0.25, -0.2) is 0 Å². The molecule has 3 N–H and O–H groups in total. The smallest absolute Gasteiger partial charge is 0.293 e. The third kappa shape index (κ3) is 5.07. The molecule has 1 aromatic heterocycles. The molecule has 0 saturated carbocycles. The Kier molecular flexibility index (Phi) is 6.66. The van der Waals surface area contributed by atoms with E-state index in [1.54, 1.807) is 24.3 Å². The number of hydrogen-bond acceptors (Lipinski definition) is 6. The Morgan fingerprint density at radius 2 is 1.97 bits per heavy atom. The Balaban J connectivity index is 1.72. The summed E-state index contributed by atoms with van der Waals surface area (Å²) in [7, 11) is 0. The monoisotopic (exact) mass is 439 g/mol. The second-order valence-corrected chi connectivity index (χ2v) is 7.34. The number of nitrogens with one attached hydrogen (secondary N) is 2. The summed E-state index contributed by atoms with van der Waals surface area (Å²) in [6.07, 6.45) is 0.936. The molecule has 1 unspecified atom stereocenters. The molecule has 9 heteroatoms. The van der Waals surface area contributed by atoms with Crippen LogP contribution in [0.15, 0.2) is 59.0 Å². The zero-order valence-corrected chi connectivity index (χ0v) is 17.7. The van der Waals surface area contributed by atoms with Crippen molar-refractivity contribution in [1.29, 1.82) is 0 Å². The molecule has 31 heavy (non-hydrogen) atoms. The van der Waals surface area contributed by atoms with Crippen molar-refractivity contribution in [1.82, 2.24) is 5.32 Å². The molecule has 160 valence electrons. The van der Waals surface area contributed by atoms with Crippen molar-refractivity contribution in [2.45, 2.75) is 26.2 Å². The van der Waals surface area contributed by atoms with Crippen LogP contribution in [0.25, 0.3) is 11.3 Å². The highest BCUT2D eigenvalue weighted by molar-refractivity contribution is 7.80. The van der Waals surface area contributed by atoms with Crippen molar-refractivity contribution >= 4 is 34.6 Å². The number of phenolic OH excluding ortho intramolecular Hbond substituents is 1. The van der Waals surface area contributed by atoms with E-state index in [-0.39, 0.29) is 33.6 Å². The summed E-state index contributed by atoms with van der Waals surface area (Å²) in [6, 6.07) is 14.2. The second kappa shape index (κ2) is 9.40. The maximum atomic E-state index is 12.5. The fraction of sp³-hybridized carbons (Fsp3) is 0.182. The number of nitro benzene ring substituents is 1. The molecule has 0 bridgehead atoms. The van der Waals surface area contributed by atoms with Crippen LogP contribution in [0.2, 0.25) is 0 Å². The predicted octanol–water partition coefficient (Wildman–Crippen LogP) is 5.20. The van der Waals surface area contributed by atoms with Crippen LogP contribution in [0.3, 0.4) is 0 Å². The van der Waals surface area contributed by atoms with Gasteiger partial charge >= 0.3 is 0 Å². The Bertz CT molecular complexity index is 1140. The van der Waals surface area contributed by atoms with Gasteiger partial charge < -0.3 is 14.8 Å². The molecule has 8 nitrogen and oxygen atoms in total. The molecule has 0 aliphatic carbocycles. The molecule has 3 aromatic rings. The van der Waals surface area contributed by atoms with Gasteiger partial charge in [-0.05, 0) is 60.5 Å². The van der Waals surface area contributed by atoms with Gasteiger partial charge in [-0.1, -0.05) is 32.0 Å². The van der Waals surface area contributed by atoms with E-state index in [2.05, 4.69) is 24.5 Å².